The van der Waals surface area contributed by atoms with Crippen molar-refractivity contribution in [3.63, 3.8) is 0 Å². The SMILES string of the molecule is C=CC=NC1=C(C)/C(=C/C=C(\C)C(=C)C[C@](C)(/C=C\C)C(/C=C(C=C)/C(=C/C)/C=C(\C)c2cccnc2)=C/C)Cc2ccccc21. The lowest BCUT2D eigenvalue weighted by Crippen LogP contribution is -2.17. The Kier molecular flexibility index (Phi) is 13.2. The summed E-state index contributed by atoms with van der Waals surface area (Å²) in [6, 6.07) is 12.6. The van der Waals surface area contributed by atoms with Gasteiger partial charge in [-0.05, 0) is 111 Å². The van der Waals surface area contributed by atoms with Gasteiger partial charge < -0.3 is 0 Å². The van der Waals surface area contributed by atoms with Crippen LogP contribution in [0.25, 0.3) is 11.3 Å². The zero-order chi connectivity index (χ0) is 33.7. The van der Waals surface area contributed by atoms with Crippen molar-refractivity contribution in [1.82, 2.24) is 4.98 Å². The molecule has 46 heavy (non-hydrogen) atoms. The predicted molar refractivity (Wildman–Crippen MR) is 204 cm³/mol. The Morgan fingerprint density at radius 3 is 2.39 bits per heavy atom. The first kappa shape index (κ1) is 35.7. The lowest BCUT2D eigenvalue weighted by Gasteiger charge is -2.30. The van der Waals surface area contributed by atoms with Gasteiger partial charge >= 0.3 is 0 Å². The van der Waals surface area contributed by atoms with Crippen molar-refractivity contribution in [2.45, 2.75) is 61.3 Å². The quantitative estimate of drug-likeness (QED) is 0.126. The average molecular weight is 607 g/mol. The highest BCUT2D eigenvalue weighted by Gasteiger charge is 2.26. The Morgan fingerprint density at radius 1 is 1.00 bits per heavy atom. The normalized spacial score (nSPS) is 17.5. The summed E-state index contributed by atoms with van der Waals surface area (Å²) >= 11 is 0. The van der Waals surface area contributed by atoms with E-state index in [-0.39, 0.29) is 5.41 Å². The third-order valence-electron chi connectivity index (χ3n) is 8.64. The number of hydrogen-bond donors (Lipinski definition) is 0. The molecule has 236 valence electrons. The Balaban J connectivity index is 1.93. The third-order valence-corrected chi connectivity index (χ3v) is 8.64. The van der Waals surface area contributed by atoms with Crippen molar-refractivity contribution in [2.75, 3.05) is 0 Å². The number of rotatable bonds is 13. The van der Waals surface area contributed by atoms with Gasteiger partial charge in [-0.15, -0.1) is 0 Å². The first-order valence-corrected chi connectivity index (χ1v) is 16.0. The maximum Gasteiger partial charge on any atom is 0.0736 e. The van der Waals surface area contributed by atoms with Crippen molar-refractivity contribution in [2.24, 2.45) is 10.4 Å². The van der Waals surface area contributed by atoms with Crippen LogP contribution in [0.15, 0.2) is 173 Å². The van der Waals surface area contributed by atoms with Gasteiger partial charge in [0.1, 0.15) is 0 Å². The van der Waals surface area contributed by atoms with E-state index in [9.17, 15) is 0 Å². The van der Waals surface area contributed by atoms with Crippen LogP contribution >= 0.6 is 0 Å². The summed E-state index contributed by atoms with van der Waals surface area (Å²) in [5.41, 5.74) is 13.6. The van der Waals surface area contributed by atoms with E-state index in [4.69, 9.17) is 4.99 Å². The molecule has 1 aromatic carbocycles. The molecule has 0 saturated carbocycles. The lowest BCUT2D eigenvalue weighted by atomic mass is 9.74. The zero-order valence-corrected chi connectivity index (χ0v) is 28.9. The van der Waals surface area contributed by atoms with Gasteiger partial charge in [-0.2, -0.15) is 0 Å². The van der Waals surface area contributed by atoms with E-state index >= 15 is 0 Å². The minimum absolute atomic E-state index is 0.260. The number of nitrogens with zero attached hydrogens (tertiary/aromatic N) is 2. The first-order valence-electron chi connectivity index (χ1n) is 16.0. The molecule has 0 saturated heterocycles. The minimum atomic E-state index is -0.260. The standard InChI is InChI=1S/C44H50N2/c1-11-24-44(10,41(15-5)29-37(14-4)36(13-3)27-33(7)40-20-18-26-45-31-40)30-34(8)32(6)22-23-38-28-39-19-16-17-21-42(39)43(35(38)9)46-25-12-2/h11-27,29,31H,2,4,8,28,30H2,1,3,5-7,9-10H3/b24-11-,32-22+,33-27+,36-13+,37-29+,38-23+,41-15+,46-25?/t44-/m0/s1. The monoisotopic (exact) mass is 606 g/mol. The van der Waals surface area contributed by atoms with Crippen LogP contribution in [-0.4, -0.2) is 11.2 Å². The fourth-order valence-electron chi connectivity index (χ4n) is 5.88. The molecule has 0 aliphatic heterocycles. The van der Waals surface area contributed by atoms with Gasteiger partial charge in [0.25, 0.3) is 0 Å². The second-order valence-electron chi connectivity index (χ2n) is 11.9. The maximum absolute atomic E-state index is 4.74. The molecule has 1 atom stereocenters. The van der Waals surface area contributed by atoms with Gasteiger partial charge in [-0.3, -0.25) is 9.98 Å². The van der Waals surface area contributed by atoms with Crippen LogP contribution in [-0.2, 0) is 6.42 Å². The molecule has 2 aromatic rings. The number of pyridine rings is 1. The Labute approximate surface area is 278 Å². The van der Waals surface area contributed by atoms with E-state index < -0.39 is 0 Å². The van der Waals surface area contributed by atoms with Crippen LogP contribution in [0.1, 0.15) is 71.6 Å². The largest absolute Gasteiger partial charge is 0.264 e. The number of benzene rings is 1. The van der Waals surface area contributed by atoms with Crippen LogP contribution < -0.4 is 0 Å². The fourth-order valence-corrected chi connectivity index (χ4v) is 5.88. The second kappa shape index (κ2) is 17.0. The summed E-state index contributed by atoms with van der Waals surface area (Å²) in [4.78, 5) is 9.02. The van der Waals surface area contributed by atoms with E-state index in [2.05, 4.69) is 152 Å². The molecule has 3 rings (SSSR count). The number of allylic oxidation sites excluding steroid dienone is 18. The summed E-state index contributed by atoms with van der Waals surface area (Å²) in [6.45, 7) is 27.5. The van der Waals surface area contributed by atoms with E-state index in [1.54, 1.807) is 18.5 Å². The Bertz CT molecular complexity index is 1720. The van der Waals surface area contributed by atoms with Crippen LogP contribution in [0.5, 0.6) is 0 Å². The molecule has 2 heteroatoms. The first-order chi connectivity index (χ1) is 22.1. The van der Waals surface area contributed by atoms with E-state index in [1.165, 1.54) is 33.4 Å². The molecule has 0 radical (unpaired) electrons. The Morgan fingerprint density at radius 2 is 1.76 bits per heavy atom. The second-order valence-corrected chi connectivity index (χ2v) is 11.9. The molecule has 0 fully saturated rings. The molecule has 1 aromatic heterocycles. The molecule has 1 aliphatic rings. The molecule has 0 bridgehead atoms. The molecular formula is C44H50N2. The molecular weight excluding hydrogens is 556 g/mol. The summed E-state index contributed by atoms with van der Waals surface area (Å²) in [7, 11) is 0. The number of aromatic nitrogens is 1. The predicted octanol–water partition coefficient (Wildman–Crippen LogP) is 12.1. The lowest BCUT2D eigenvalue weighted by molar-refractivity contribution is 0.521. The molecule has 1 heterocycles. The van der Waals surface area contributed by atoms with Gasteiger partial charge in [0.15, 0.2) is 0 Å². The highest BCUT2D eigenvalue weighted by molar-refractivity contribution is 5.84. The van der Waals surface area contributed by atoms with Crippen LogP contribution in [0.4, 0.5) is 0 Å². The minimum Gasteiger partial charge on any atom is -0.264 e. The summed E-state index contributed by atoms with van der Waals surface area (Å²) in [6.07, 6.45) is 28.5. The molecule has 0 amide bonds. The van der Waals surface area contributed by atoms with E-state index in [1.807, 2.05) is 18.3 Å². The molecule has 0 N–H and O–H groups in total. The van der Waals surface area contributed by atoms with E-state index in [0.29, 0.717) is 0 Å². The van der Waals surface area contributed by atoms with Gasteiger partial charge in [0.2, 0.25) is 0 Å². The number of hydrogen-bond acceptors (Lipinski definition) is 2. The van der Waals surface area contributed by atoms with Crippen LogP contribution in [0.3, 0.4) is 0 Å². The number of fused-ring (bicyclic) bond motifs is 1. The van der Waals surface area contributed by atoms with Crippen LogP contribution in [0, 0.1) is 5.41 Å². The molecule has 1 aliphatic carbocycles. The molecule has 0 spiro atoms. The zero-order valence-electron chi connectivity index (χ0n) is 28.9. The van der Waals surface area contributed by atoms with Crippen molar-refractivity contribution in [1.29, 1.82) is 0 Å². The van der Waals surface area contributed by atoms with Crippen LogP contribution in [0.2, 0.25) is 0 Å². The van der Waals surface area contributed by atoms with Gasteiger partial charge in [0, 0.05) is 29.6 Å². The Hall–Kier alpha value is -4.82. The highest BCUT2D eigenvalue weighted by Crippen LogP contribution is 2.40. The summed E-state index contributed by atoms with van der Waals surface area (Å²) in [5, 5.41) is 0. The molecule has 0 unspecified atom stereocenters. The molecule has 2 nitrogen and oxygen atoms in total. The van der Waals surface area contributed by atoms with Gasteiger partial charge in [0.05, 0.1) is 5.70 Å². The fraction of sp³-hybridized carbons (Fsp3) is 0.227. The van der Waals surface area contributed by atoms with Crippen molar-refractivity contribution < 1.29 is 0 Å². The van der Waals surface area contributed by atoms with Crippen molar-refractivity contribution in [3.05, 3.63) is 185 Å². The number of aliphatic imine (C=N–C) groups is 1. The smallest absolute Gasteiger partial charge is 0.0736 e. The highest BCUT2D eigenvalue weighted by atomic mass is 14.7. The van der Waals surface area contributed by atoms with Crippen molar-refractivity contribution in [3.8, 4) is 0 Å². The van der Waals surface area contributed by atoms with Gasteiger partial charge in [-0.1, -0.05) is 123 Å². The average Bonchev–Trinajstić information content (AvgIpc) is 3.06. The summed E-state index contributed by atoms with van der Waals surface area (Å²) < 4.78 is 0. The van der Waals surface area contributed by atoms with Gasteiger partial charge in [-0.25, -0.2) is 0 Å². The van der Waals surface area contributed by atoms with E-state index in [0.717, 1.165) is 46.4 Å². The maximum atomic E-state index is 4.74. The topological polar surface area (TPSA) is 25.2 Å². The summed E-state index contributed by atoms with van der Waals surface area (Å²) in [5.74, 6) is 0. The van der Waals surface area contributed by atoms with Crippen molar-refractivity contribution >= 4 is 17.5 Å². The third kappa shape index (κ3) is 8.88.